The highest BCUT2D eigenvalue weighted by atomic mass is 32.2. The summed E-state index contributed by atoms with van der Waals surface area (Å²) >= 11 is 0. The molecule has 0 aliphatic carbocycles. The largest absolute Gasteiger partial charge is 0.465 e. The van der Waals surface area contributed by atoms with Gasteiger partial charge in [0.25, 0.3) is 0 Å². The maximum absolute atomic E-state index is 13.7. The normalized spacial score (nSPS) is 15.5. The number of amides is 1. The van der Waals surface area contributed by atoms with Crippen LogP contribution in [0.1, 0.15) is 5.56 Å². The van der Waals surface area contributed by atoms with Gasteiger partial charge in [-0.3, -0.25) is 4.21 Å². The number of alkyl halides is 3. The third kappa shape index (κ3) is 4.15. The van der Waals surface area contributed by atoms with Crippen molar-refractivity contribution in [1.29, 1.82) is 0 Å². The molecule has 2 N–H and O–H groups in total. The van der Waals surface area contributed by atoms with Gasteiger partial charge in [0.2, 0.25) is 5.16 Å². The van der Waals surface area contributed by atoms with Crippen molar-refractivity contribution in [3.63, 3.8) is 0 Å². The first kappa shape index (κ1) is 21.0. The lowest BCUT2D eigenvalue weighted by molar-refractivity contribution is -0.137. The smallest absolute Gasteiger partial charge is 0.417 e. The topological polar surface area (TPSA) is 108 Å². The van der Waals surface area contributed by atoms with Crippen molar-refractivity contribution in [1.82, 2.24) is 20.3 Å². The molecule has 0 saturated carbocycles. The number of benzene rings is 1. The first-order chi connectivity index (χ1) is 14.6. The summed E-state index contributed by atoms with van der Waals surface area (Å²) in [4.78, 5) is 25.1. The Bertz CT molecular complexity index is 1200. The highest BCUT2D eigenvalue weighted by Crippen LogP contribution is 2.41. The molecule has 1 saturated heterocycles. The van der Waals surface area contributed by atoms with E-state index in [1.54, 1.807) is 4.90 Å². The van der Waals surface area contributed by atoms with E-state index in [1.165, 1.54) is 36.7 Å². The number of rotatable bonds is 4. The molecule has 2 aromatic heterocycles. The summed E-state index contributed by atoms with van der Waals surface area (Å²) < 4.78 is 52.7. The maximum Gasteiger partial charge on any atom is 0.417 e. The van der Waals surface area contributed by atoms with Crippen molar-refractivity contribution in [2.24, 2.45) is 0 Å². The number of fused-ring (bicyclic) bond motifs is 1. The van der Waals surface area contributed by atoms with Crippen LogP contribution >= 0.6 is 0 Å². The predicted molar refractivity (Wildman–Crippen MR) is 107 cm³/mol. The molecule has 1 atom stereocenters. The average molecular weight is 451 g/mol. The van der Waals surface area contributed by atoms with Gasteiger partial charge in [0.05, 0.1) is 22.4 Å². The first-order valence-electron chi connectivity index (χ1n) is 9.05. The Kier molecular flexibility index (Phi) is 5.25. The van der Waals surface area contributed by atoms with Crippen molar-refractivity contribution < 1.29 is 27.3 Å². The van der Waals surface area contributed by atoms with Gasteiger partial charge in [-0.1, -0.05) is 18.2 Å². The molecule has 3 heterocycles. The van der Waals surface area contributed by atoms with Crippen LogP contribution in [-0.2, 0) is 17.0 Å². The summed E-state index contributed by atoms with van der Waals surface area (Å²) in [5, 5.41) is 11.7. The number of carbonyl (C=O) groups is 1. The lowest BCUT2D eigenvalue weighted by Gasteiger charge is -2.40. The predicted octanol–water partition coefficient (Wildman–Crippen LogP) is 2.90. The van der Waals surface area contributed by atoms with Crippen LogP contribution in [0.5, 0.6) is 0 Å². The van der Waals surface area contributed by atoms with Crippen LogP contribution in [0.25, 0.3) is 22.2 Å². The molecule has 0 radical (unpaired) electrons. The minimum absolute atomic E-state index is 0.0582. The number of anilines is 1. The van der Waals surface area contributed by atoms with Crippen molar-refractivity contribution in [2.75, 3.05) is 24.2 Å². The number of hydrogen-bond donors (Lipinski definition) is 2. The zero-order valence-corrected chi connectivity index (χ0v) is 16.9. The summed E-state index contributed by atoms with van der Waals surface area (Å²) in [7, 11) is -1.46. The van der Waals surface area contributed by atoms with E-state index in [1.807, 2.05) is 0 Å². The zero-order chi connectivity index (χ0) is 22.3. The molecule has 8 nitrogen and oxygen atoms in total. The minimum Gasteiger partial charge on any atom is -0.465 e. The average Bonchev–Trinajstić information content (AvgIpc) is 2.68. The van der Waals surface area contributed by atoms with Crippen LogP contribution in [0, 0.1) is 0 Å². The minimum atomic E-state index is -4.58. The van der Waals surface area contributed by atoms with E-state index in [-0.39, 0.29) is 46.9 Å². The number of nitrogens with zero attached hydrogens (tertiary/aromatic N) is 4. The number of hydrogen-bond acceptors (Lipinski definition) is 6. The van der Waals surface area contributed by atoms with Crippen molar-refractivity contribution in [3.05, 3.63) is 42.1 Å². The lowest BCUT2D eigenvalue weighted by Crippen LogP contribution is -2.59. The summed E-state index contributed by atoms with van der Waals surface area (Å²) in [6.07, 6.45) is -2.97. The van der Waals surface area contributed by atoms with E-state index in [4.69, 9.17) is 5.11 Å². The molecule has 0 bridgehead atoms. The van der Waals surface area contributed by atoms with Gasteiger partial charge in [-0.15, -0.1) is 0 Å². The highest BCUT2D eigenvalue weighted by molar-refractivity contribution is 7.84. The Morgan fingerprint density at radius 1 is 1.23 bits per heavy atom. The number of pyridine rings is 1. The maximum atomic E-state index is 13.7. The molecular formula is C19H16F3N5O3S. The number of aromatic nitrogens is 3. The van der Waals surface area contributed by atoms with Crippen molar-refractivity contribution in [3.8, 4) is 11.1 Å². The fourth-order valence-corrected chi connectivity index (χ4v) is 3.81. The SMILES string of the molecule is CS(=O)c1ncc2cc(-c3ccccc3C(F)(F)F)c(N3CC(NC(=O)O)C3)nc2n1. The van der Waals surface area contributed by atoms with Gasteiger partial charge in [0.15, 0.2) is 5.65 Å². The molecule has 12 heteroatoms. The van der Waals surface area contributed by atoms with Crippen LogP contribution < -0.4 is 10.2 Å². The number of carboxylic acid groups (broad SMARTS) is 1. The Labute approximate surface area is 176 Å². The third-order valence-corrected chi connectivity index (χ3v) is 5.53. The monoisotopic (exact) mass is 451 g/mol. The molecule has 162 valence electrons. The summed E-state index contributed by atoms with van der Waals surface area (Å²) in [5.74, 6) is 0.235. The molecule has 1 aromatic carbocycles. The molecule has 1 aliphatic heterocycles. The summed E-state index contributed by atoms with van der Waals surface area (Å²) in [6, 6.07) is 6.31. The van der Waals surface area contributed by atoms with E-state index in [2.05, 4.69) is 20.3 Å². The second-order valence-electron chi connectivity index (χ2n) is 6.97. The van der Waals surface area contributed by atoms with E-state index < -0.39 is 28.6 Å². The standard InChI is InChI=1S/C19H16F3N5O3S/c1-31(30)17-23-7-10-6-13(12-4-2-3-5-14(12)19(20,21)22)16(25-15(10)26-17)27-8-11(9-27)24-18(28)29/h2-7,11,24H,8-9H2,1H3,(H,28,29). The Balaban J connectivity index is 1.87. The molecule has 1 aliphatic rings. The molecule has 3 aromatic rings. The molecule has 1 fully saturated rings. The van der Waals surface area contributed by atoms with Crippen molar-refractivity contribution in [2.45, 2.75) is 17.4 Å². The molecular weight excluding hydrogens is 435 g/mol. The van der Waals surface area contributed by atoms with Gasteiger partial charge in [-0.2, -0.15) is 13.2 Å². The molecule has 1 amide bonds. The van der Waals surface area contributed by atoms with E-state index in [0.717, 1.165) is 6.07 Å². The van der Waals surface area contributed by atoms with E-state index in [9.17, 15) is 22.2 Å². The number of halogens is 3. The van der Waals surface area contributed by atoms with Gasteiger partial charge in [-0.25, -0.2) is 19.7 Å². The number of nitrogens with one attached hydrogen (secondary N) is 1. The fraction of sp³-hybridized carbons (Fsp3) is 0.263. The van der Waals surface area contributed by atoms with Crippen LogP contribution in [0.2, 0.25) is 0 Å². The van der Waals surface area contributed by atoms with Crippen molar-refractivity contribution >= 4 is 33.7 Å². The Morgan fingerprint density at radius 2 is 1.94 bits per heavy atom. The molecule has 0 spiro atoms. The molecule has 31 heavy (non-hydrogen) atoms. The van der Waals surface area contributed by atoms with Gasteiger partial charge in [0, 0.05) is 36.5 Å². The van der Waals surface area contributed by atoms with E-state index in [0.29, 0.717) is 5.39 Å². The molecule has 1 unspecified atom stereocenters. The van der Waals surface area contributed by atoms with Crippen LogP contribution in [0.4, 0.5) is 23.8 Å². The van der Waals surface area contributed by atoms with Crippen LogP contribution in [0.3, 0.4) is 0 Å². The quantitative estimate of drug-likeness (QED) is 0.587. The highest BCUT2D eigenvalue weighted by Gasteiger charge is 2.36. The van der Waals surface area contributed by atoms with Crippen LogP contribution in [-0.4, -0.2) is 55.7 Å². The Hall–Kier alpha value is -3.28. The van der Waals surface area contributed by atoms with Gasteiger partial charge in [-0.05, 0) is 17.7 Å². The van der Waals surface area contributed by atoms with Crippen LogP contribution in [0.15, 0.2) is 41.7 Å². The third-order valence-electron chi connectivity index (χ3n) is 4.81. The summed E-state index contributed by atoms with van der Waals surface area (Å²) in [6.45, 7) is 0.479. The second kappa shape index (κ2) is 7.76. The van der Waals surface area contributed by atoms with Gasteiger partial charge >= 0.3 is 12.3 Å². The lowest BCUT2D eigenvalue weighted by atomic mass is 9.97. The Morgan fingerprint density at radius 3 is 2.58 bits per heavy atom. The molecule has 4 rings (SSSR count). The summed E-state index contributed by atoms with van der Waals surface area (Å²) in [5.41, 5.74) is -0.455. The first-order valence-corrected chi connectivity index (χ1v) is 10.6. The van der Waals surface area contributed by atoms with Gasteiger partial charge < -0.3 is 15.3 Å². The van der Waals surface area contributed by atoms with Gasteiger partial charge in [0.1, 0.15) is 5.82 Å². The zero-order valence-electron chi connectivity index (χ0n) is 16.1. The van der Waals surface area contributed by atoms with E-state index >= 15 is 0 Å². The second-order valence-corrected chi connectivity index (χ2v) is 8.25. The fourth-order valence-electron chi connectivity index (χ4n) is 3.40.